The fraction of sp³-hybridized carbons (Fsp3) is 0.320. The Morgan fingerprint density at radius 3 is 2.58 bits per heavy atom. The zero-order chi connectivity index (χ0) is 23.9. The highest BCUT2D eigenvalue weighted by molar-refractivity contribution is 6.38. The number of aromatic nitrogens is 1. The molecule has 0 radical (unpaired) electrons. The summed E-state index contributed by atoms with van der Waals surface area (Å²) >= 11 is 13.2. The van der Waals surface area contributed by atoms with Gasteiger partial charge in [0.1, 0.15) is 0 Å². The minimum absolute atomic E-state index is 0.103. The molecular weight excluding hydrogens is 469 g/mol. The normalized spacial score (nSPS) is 14.7. The van der Waals surface area contributed by atoms with Crippen molar-refractivity contribution in [2.75, 3.05) is 26.3 Å². The smallest absolute Gasteiger partial charge is 0.291 e. The van der Waals surface area contributed by atoms with Gasteiger partial charge in [0.2, 0.25) is 0 Å². The Hall–Kier alpha value is -2.41. The summed E-state index contributed by atoms with van der Waals surface area (Å²) in [6, 6.07) is 8.13. The van der Waals surface area contributed by atoms with Crippen LogP contribution in [0.3, 0.4) is 0 Å². The van der Waals surface area contributed by atoms with Gasteiger partial charge in [-0.3, -0.25) is 4.79 Å². The summed E-state index contributed by atoms with van der Waals surface area (Å²) in [5, 5.41) is 1.44. The average Bonchev–Trinajstić information content (AvgIpc) is 3.12. The molecule has 33 heavy (non-hydrogen) atoms. The van der Waals surface area contributed by atoms with Crippen molar-refractivity contribution in [1.29, 1.82) is 0 Å². The van der Waals surface area contributed by atoms with E-state index < -0.39 is 5.92 Å². The fourth-order valence-corrected chi connectivity index (χ4v) is 4.90. The summed E-state index contributed by atoms with van der Waals surface area (Å²) in [6.07, 6.45) is 0.994. The van der Waals surface area contributed by atoms with E-state index in [4.69, 9.17) is 27.9 Å². The number of hydrogen-bond acceptors (Lipinski definition) is 2. The van der Waals surface area contributed by atoms with Gasteiger partial charge in [-0.05, 0) is 54.5 Å². The second-order valence-electron chi connectivity index (χ2n) is 8.22. The van der Waals surface area contributed by atoms with Crippen molar-refractivity contribution in [3.8, 4) is 0 Å². The number of hydrogen-bond donors (Lipinski definition) is 0. The molecule has 0 atom stereocenters. The third-order valence-electron chi connectivity index (χ3n) is 6.13. The number of rotatable bonds is 5. The van der Waals surface area contributed by atoms with Crippen molar-refractivity contribution in [2.24, 2.45) is 7.05 Å². The van der Waals surface area contributed by atoms with Crippen LogP contribution in [0.25, 0.3) is 10.9 Å². The van der Waals surface area contributed by atoms with E-state index in [9.17, 15) is 13.6 Å². The molecule has 0 aliphatic carbocycles. The van der Waals surface area contributed by atoms with Crippen molar-refractivity contribution in [3.05, 3.63) is 81.0 Å². The first-order valence-corrected chi connectivity index (χ1v) is 11.3. The van der Waals surface area contributed by atoms with Gasteiger partial charge in [-0.1, -0.05) is 29.8 Å². The number of carbonyl (C=O) groups excluding carboxylic acids is 1. The Morgan fingerprint density at radius 2 is 1.91 bits per heavy atom. The second kappa shape index (κ2) is 9.09. The number of morpholine rings is 1. The first-order chi connectivity index (χ1) is 15.6. The number of fused-ring (bicyclic) bond motifs is 1. The molecule has 0 unspecified atom stereocenters. The highest BCUT2D eigenvalue weighted by atomic mass is 35.5. The number of halogens is 4. The summed E-state index contributed by atoms with van der Waals surface area (Å²) in [7, 11) is 1.88. The molecule has 174 valence electrons. The van der Waals surface area contributed by atoms with Crippen LogP contribution in [0.1, 0.15) is 32.7 Å². The Morgan fingerprint density at radius 1 is 1.21 bits per heavy atom. The standard InChI is InChI=1S/C25H24Cl2F2N2O2/c1-4-25(28,29)17-11-15(2)23-16(12-17)13-18(30(23)3)14-20-21(26)6-5-19(22(20)27)24(32)31-7-9-33-10-8-31/h4-6,11-13H,1,7-10,14H2,2-3H3. The third-order valence-corrected chi connectivity index (χ3v) is 6.92. The van der Waals surface area contributed by atoms with Gasteiger partial charge in [0, 0.05) is 48.2 Å². The van der Waals surface area contributed by atoms with Crippen LogP contribution in [0.2, 0.25) is 10.0 Å². The molecule has 0 N–H and O–H groups in total. The fourth-order valence-electron chi connectivity index (χ4n) is 4.32. The van der Waals surface area contributed by atoms with Crippen LogP contribution in [0, 0.1) is 6.92 Å². The molecule has 4 nitrogen and oxygen atoms in total. The number of carbonyl (C=O) groups is 1. The molecule has 0 saturated carbocycles. The second-order valence-corrected chi connectivity index (χ2v) is 9.01. The number of aryl methyl sites for hydroxylation is 2. The first kappa shape index (κ1) is 23.7. The van der Waals surface area contributed by atoms with Crippen LogP contribution in [0.15, 0.2) is 43.0 Å². The van der Waals surface area contributed by atoms with Crippen LogP contribution >= 0.6 is 23.2 Å². The van der Waals surface area contributed by atoms with Crippen LogP contribution in [-0.4, -0.2) is 41.7 Å². The molecule has 0 bridgehead atoms. The molecule has 1 aliphatic heterocycles. The lowest BCUT2D eigenvalue weighted by atomic mass is 10.0. The number of alkyl halides is 2. The van der Waals surface area contributed by atoms with Gasteiger partial charge in [-0.15, -0.1) is 0 Å². The van der Waals surface area contributed by atoms with Crippen LogP contribution in [0.5, 0.6) is 0 Å². The van der Waals surface area contributed by atoms with Crippen LogP contribution in [0.4, 0.5) is 8.78 Å². The van der Waals surface area contributed by atoms with E-state index in [0.29, 0.717) is 65.4 Å². The largest absolute Gasteiger partial charge is 0.378 e. The third kappa shape index (κ3) is 4.39. The van der Waals surface area contributed by atoms with Crippen molar-refractivity contribution in [1.82, 2.24) is 9.47 Å². The van der Waals surface area contributed by atoms with Gasteiger partial charge < -0.3 is 14.2 Å². The maximum Gasteiger partial charge on any atom is 0.291 e. The molecule has 1 aromatic heterocycles. The predicted molar refractivity (Wildman–Crippen MR) is 128 cm³/mol. The van der Waals surface area contributed by atoms with Crippen LogP contribution in [-0.2, 0) is 24.1 Å². The number of amides is 1. The highest BCUT2D eigenvalue weighted by Crippen LogP contribution is 2.36. The Balaban J connectivity index is 1.73. The Labute approximate surface area is 201 Å². The monoisotopic (exact) mass is 492 g/mol. The number of benzene rings is 2. The van der Waals surface area contributed by atoms with Gasteiger partial charge >= 0.3 is 0 Å². The van der Waals surface area contributed by atoms with E-state index in [-0.39, 0.29) is 11.5 Å². The molecule has 3 aromatic rings. The molecule has 2 heterocycles. The zero-order valence-electron chi connectivity index (χ0n) is 18.4. The van der Waals surface area contributed by atoms with Crippen molar-refractivity contribution in [2.45, 2.75) is 19.3 Å². The summed E-state index contributed by atoms with van der Waals surface area (Å²) < 4.78 is 35.7. The predicted octanol–water partition coefficient (Wildman–Crippen LogP) is 6.13. The lowest BCUT2D eigenvalue weighted by Gasteiger charge is -2.27. The number of ether oxygens (including phenoxy) is 1. The molecule has 0 spiro atoms. The van der Waals surface area contributed by atoms with Crippen molar-refractivity contribution < 1.29 is 18.3 Å². The zero-order valence-corrected chi connectivity index (χ0v) is 19.9. The molecule has 2 aromatic carbocycles. The number of nitrogens with zero attached hydrogens (tertiary/aromatic N) is 2. The lowest BCUT2D eigenvalue weighted by molar-refractivity contribution is 0.0303. The molecular formula is C25H24Cl2F2N2O2. The summed E-state index contributed by atoms with van der Waals surface area (Å²) in [6.45, 7) is 7.05. The van der Waals surface area contributed by atoms with Crippen LogP contribution < -0.4 is 0 Å². The van der Waals surface area contributed by atoms with E-state index >= 15 is 0 Å². The highest BCUT2D eigenvalue weighted by Gasteiger charge is 2.29. The maximum atomic E-state index is 14.2. The van der Waals surface area contributed by atoms with E-state index in [1.165, 1.54) is 12.1 Å². The minimum Gasteiger partial charge on any atom is -0.378 e. The van der Waals surface area contributed by atoms with Crippen molar-refractivity contribution >= 4 is 40.0 Å². The summed E-state index contributed by atoms with van der Waals surface area (Å²) in [5.74, 6) is -3.28. The molecule has 4 rings (SSSR count). The van der Waals surface area contributed by atoms with E-state index in [1.807, 2.05) is 17.7 Å². The molecule has 1 amide bonds. The van der Waals surface area contributed by atoms with E-state index in [2.05, 4.69) is 6.58 Å². The first-order valence-electron chi connectivity index (χ1n) is 10.6. The van der Waals surface area contributed by atoms with Gasteiger partial charge in [0.05, 0.1) is 29.3 Å². The maximum absolute atomic E-state index is 14.2. The molecule has 8 heteroatoms. The SMILES string of the molecule is C=CC(F)(F)c1cc(C)c2c(c1)cc(Cc1c(Cl)ccc(C(=O)N3CCOCC3)c1Cl)n2C. The Kier molecular flexibility index (Phi) is 6.54. The average molecular weight is 493 g/mol. The van der Waals surface area contributed by atoms with Gasteiger partial charge in [0.15, 0.2) is 0 Å². The Bertz CT molecular complexity index is 1250. The topological polar surface area (TPSA) is 34.5 Å². The van der Waals surface area contributed by atoms with Gasteiger partial charge in [0.25, 0.3) is 11.8 Å². The number of allylic oxidation sites excluding steroid dienone is 1. The minimum atomic E-state index is -3.12. The van der Waals surface area contributed by atoms with Crippen molar-refractivity contribution in [3.63, 3.8) is 0 Å². The summed E-state index contributed by atoms with van der Waals surface area (Å²) in [5.41, 5.74) is 3.33. The van der Waals surface area contributed by atoms with Gasteiger partial charge in [-0.25, -0.2) is 0 Å². The molecule has 1 fully saturated rings. The van der Waals surface area contributed by atoms with Gasteiger partial charge in [-0.2, -0.15) is 8.78 Å². The lowest BCUT2D eigenvalue weighted by Crippen LogP contribution is -2.40. The molecule has 1 aliphatic rings. The summed E-state index contributed by atoms with van der Waals surface area (Å²) in [4.78, 5) is 14.7. The van der Waals surface area contributed by atoms with E-state index in [1.54, 1.807) is 24.0 Å². The van der Waals surface area contributed by atoms with E-state index in [0.717, 1.165) is 16.8 Å². The molecule has 1 saturated heterocycles. The quantitative estimate of drug-likeness (QED) is 0.401.